The van der Waals surface area contributed by atoms with Gasteiger partial charge < -0.3 is 20.1 Å². The van der Waals surface area contributed by atoms with Crippen molar-refractivity contribution in [1.29, 1.82) is 0 Å². The lowest BCUT2D eigenvalue weighted by Gasteiger charge is -2.33. The number of hydrogen-bond donors (Lipinski definition) is 1. The van der Waals surface area contributed by atoms with E-state index in [0.717, 1.165) is 32.1 Å². The summed E-state index contributed by atoms with van der Waals surface area (Å²) in [4.78, 5) is 2.39. The first-order chi connectivity index (χ1) is 10.3. The summed E-state index contributed by atoms with van der Waals surface area (Å²) in [7, 11) is 1.76. The monoisotopic (exact) mass is 290 g/mol. The predicted molar refractivity (Wildman–Crippen MR) is 85.2 cm³/mol. The molecule has 0 bridgehead atoms. The van der Waals surface area contributed by atoms with Crippen molar-refractivity contribution >= 4 is 5.69 Å². The second-order valence-corrected chi connectivity index (χ2v) is 6.18. The topological polar surface area (TPSA) is 47.7 Å². The van der Waals surface area contributed by atoms with Gasteiger partial charge in [0.15, 0.2) is 0 Å². The van der Waals surface area contributed by atoms with E-state index in [0.29, 0.717) is 6.54 Å². The molecule has 0 aromatic heterocycles. The molecule has 1 aliphatic carbocycles. The van der Waals surface area contributed by atoms with Gasteiger partial charge in [-0.2, -0.15) is 0 Å². The van der Waals surface area contributed by atoms with Gasteiger partial charge in [0.25, 0.3) is 0 Å². The van der Waals surface area contributed by atoms with Crippen LogP contribution in [0.15, 0.2) is 18.2 Å². The van der Waals surface area contributed by atoms with Gasteiger partial charge in [-0.15, -0.1) is 0 Å². The molecule has 21 heavy (non-hydrogen) atoms. The minimum absolute atomic E-state index is 0.105. The normalized spacial score (nSPS) is 21.5. The minimum atomic E-state index is 0.105. The van der Waals surface area contributed by atoms with Crippen LogP contribution < -0.4 is 15.4 Å². The van der Waals surface area contributed by atoms with Crippen LogP contribution in [0.5, 0.6) is 5.75 Å². The number of ether oxygens (including phenoxy) is 2. The summed E-state index contributed by atoms with van der Waals surface area (Å²) in [6.45, 7) is 4.24. The van der Waals surface area contributed by atoms with Crippen LogP contribution in [-0.4, -0.2) is 40.0 Å². The van der Waals surface area contributed by atoms with Gasteiger partial charge in [-0.25, -0.2) is 0 Å². The molecular weight excluding hydrogens is 264 g/mol. The number of methoxy groups -OCH3 is 1. The summed E-state index contributed by atoms with van der Waals surface area (Å²) in [6.07, 6.45) is 4.88. The largest absolute Gasteiger partial charge is 0.496 e. The van der Waals surface area contributed by atoms with Crippen molar-refractivity contribution in [3.05, 3.63) is 23.8 Å². The maximum absolute atomic E-state index is 6.16. The Hall–Kier alpha value is -1.26. The Morgan fingerprint density at radius 2 is 1.95 bits per heavy atom. The number of morpholine rings is 1. The molecule has 2 aliphatic rings. The molecule has 0 unspecified atom stereocenters. The third kappa shape index (κ3) is 2.74. The van der Waals surface area contributed by atoms with E-state index in [1.807, 2.05) is 0 Å². The van der Waals surface area contributed by atoms with Crippen LogP contribution in [0.2, 0.25) is 0 Å². The maximum Gasteiger partial charge on any atom is 0.122 e. The Bertz CT molecular complexity index is 478. The fraction of sp³-hybridized carbons (Fsp3) is 0.647. The molecule has 2 N–H and O–H groups in total. The number of rotatable bonds is 4. The second-order valence-electron chi connectivity index (χ2n) is 6.18. The summed E-state index contributed by atoms with van der Waals surface area (Å²) in [5, 5.41) is 0. The Labute approximate surface area is 127 Å². The van der Waals surface area contributed by atoms with Gasteiger partial charge in [0.2, 0.25) is 0 Å². The first kappa shape index (κ1) is 14.7. The first-order valence-corrected chi connectivity index (χ1v) is 8.00. The molecule has 1 heterocycles. The molecule has 4 nitrogen and oxygen atoms in total. The van der Waals surface area contributed by atoms with Crippen LogP contribution in [0, 0.1) is 0 Å². The molecule has 116 valence electrons. The average Bonchev–Trinajstić information content (AvgIpc) is 3.05. The van der Waals surface area contributed by atoms with Gasteiger partial charge >= 0.3 is 0 Å². The fourth-order valence-corrected chi connectivity index (χ4v) is 3.76. The van der Waals surface area contributed by atoms with Crippen molar-refractivity contribution in [2.24, 2.45) is 5.73 Å². The minimum Gasteiger partial charge on any atom is -0.496 e. The third-order valence-electron chi connectivity index (χ3n) is 5.08. The highest BCUT2D eigenvalue weighted by Gasteiger charge is 2.37. The van der Waals surface area contributed by atoms with Crippen molar-refractivity contribution in [2.75, 3.05) is 44.9 Å². The molecule has 3 rings (SSSR count). The lowest BCUT2D eigenvalue weighted by Crippen LogP contribution is -2.37. The molecule has 0 radical (unpaired) electrons. The lowest BCUT2D eigenvalue weighted by molar-refractivity contribution is 0.122. The van der Waals surface area contributed by atoms with Gasteiger partial charge in [0, 0.05) is 36.3 Å². The Balaban J connectivity index is 1.96. The molecule has 2 fully saturated rings. The van der Waals surface area contributed by atoms with Gasteiger partial charge in [-0.3, -0.25) is 0 Å². The highest BCUT2D eigenvalue weighted by molar-refractivity contribution is 5.56. The van der Waals surface area contributed by atoms with Crippen molar-refractivity contribution < 1.29 is 9.47 Å². The summed E-state index contributed by atoms with van der Waals surface area (Å²) < 4.78 is 11.1. The molecule has 1 saturated heterocycles. The van der Waals surface area contributed by atoms with Crippen LogP contribution in [-0.2, 0) is 10.2 Å². The molecule has 0 amide bonds. The second kappa shape index (κ2) is 6.24. The summed E-state index contributed by atoms with van der Waals surface area (Å²) in [5.41, 5.74) is 8.84. The molecule has 1 aromatic carbocycles. The molecule has 1 aromatic rings. The lowest BCUT2D eigenvalue weighted by atomic mass is 9.78. The van der Waals surface area contributed by atoms with Crippen LogP contribution in [0.4, 0.5) is 5.69 Å². The number of hydrogen-bond acceptors (Lipinski definition) is 4. The number of nitrogens with two attached hydrogens (primary N) is 1. The Morgan fingerprint density at radius 3 is 2.57 bits per heavy atom. The van der Waals surface area contributed by atoms with Crippen LogP contribution >= 0.6 is 0 Å². The molecule has 0 atom stereocenters. The Kier molecular flexibility index (Phi) is 4.36. The molecule has 1 aliphatic heterocycles. The van der Waals surface area contributed by atoms with Gasteiger partial charge in [0.1, 0.15) is 5.75 Å². The predicted octanol–water partition coefficient (Wildman–Crippen LogP) is 2.30. The Morgan fingerprint density at radius 1 is 1.24 bits per heavy atom. The standard InChI is InChI=1S/C17H26N2O2/c1-20-16-5-4-14(19-8-10-21-11-9-19)12-15(16)17(13-18)6-2-3-7-17/h4-5,12H,2-3,6-11,13,18H2,1H3. The molecule has 1 saturated carbocycles. The fourth-order valence-electron chi connectivity index (χ4n) is 3.76. The van der Waals surface area contributed by atoms with E-state index in [9.17, 15) is 0 Å². The molecule has 4 heteroatoms. The molecular formula is C17H26N2O2. The maximum atomic E-state index is 6.16. The highest BCUT2D eigenvalue weighted by atomic mass is 16.5. The van der Waals surface area contributed by atoms with E-state index in [1.165, 1.54) is 36.9 Å². The van der Waals surface area contributed by atoms with Crippen molar-refractivity contribution in [3.63, 3.8) is 0 Å². The quantitative estimate of drug-likeness (QED) is 0.924. The van der Waals surface area contributed by atoms with E-state index in [4.69, 9.17) is 15.2 Å². The van der Waals surface area contributed by atoms with E-state index in [2.05, 4.69) is 23.1 Å². The number of nitrogens with zero attached hydrogens (tertiary/aromatic N) is 1. The average molecular weight is 290 g/mol. The van der Waals surface area contributed by atoms with Crippen LogP contribution in [0.25, 0.3) is 0 Å². The summed E-state index contributed by atoms with van der Waals surface area (Å²) in [5.74, 6) is 0.986. The zero-order chi connectivity index (χ0) is 14.7. The van der Waals surface area contributed by atoms with E-state index in [-0.39, 0.29) is 5.41 Å². The zero-order valence-electron chi connectivity index (χ0n) is 12.9. The van der Waals surface area contributed by atoms with Crippen molar-refractivity contribution in [3.8, 4) is 5.75 Å². The molecule has 0 spiro atoms. The first-order valence-electron chi connectivity index (χ1n) is 8.00. The summed E-state index contributed by atoms with van der Waals surface area (Å²) in [6, 6.07) is 6.57. The van der Waals surface area contributed by atoms with Gasteiger partial charge in [-0.05, 0) is 31.0 Å². The van der Waals surface area contributed by atoms with Crippen molar-refractivity contribution in [2.45, 2.75) is 31.1 Å². The van der Waals surface area contributed by atoms with E-state index < -0.39 is 0 Å². The van der Waals surface area contributed by atoms with Crippen LogP contribution in [0.3, 0.4) is 0 Å². The highest BCUT2D eigenvalue weighted by Crippen LogP contribution is 2.45. The number of benzene rings is 1. The zero-order valence-corrected chi connectivity index (χ0v) is 12.9. The van der Waals surface area contributed by atoms with E-state index >= 15 is 0 Å². The smallest absolute Gasteiger partial charge is 0.122 e. The van der Waals surface area contributed by atoms with Gasteiger partial charge in [-0.1, -0.05) is 12.8 Å². The number of anilines is 1. The summed E-state index contributed by atoms with van der Waals surface area (Å²) >= 11 is 0. The van der Waals surface area contributed by atoms with Crippen molar-refractivity contribution in [1.82, 2.24) is 0 Å². The van der Waals surface area contributed by atoms with Crippen LogP contribution in [0.1, 0.15) is 31.2 Å². The third-order valence-corrected chi connectivity index (χ3v) is 5.08. The van der Waals surface area contributed by atoms with E-state index in [1.54, 1.807) is 7.11 Å². The van der Waals surface area contributed by atoms with Gasteiger partial charge in [0.05, 0.1) is 20.3 Å². The SMILES string of the molecule is COc1ccc(N2CCOCC2)cc1C1(CN)CCCC1.